The lowest BCUT2D eigenvalue weighted by Gasteiger charge is -2.19. The zero-order valence-electron chi connectivity index (χ0n) is 16.2. The van der Waals surface area contributed by atoms with E-state index in [0.29, 0.717) is 13.2 Å². The number of rotatable bonds is 11. The standard InChI is InChI=1S/C24H27NO3/c1-2-21(28-24-11-7-4-8-12-24)19-25-20-13-15-23(16-14-20)27-18-17-26-22-9-5-3-6-10-22/h3-16,21,25H,2,17-19H2,1H3. The second-order valence-corrected chi connectivity index (χ2v) is 6.38. The molecule has 0 aliphatic carbocycles. The van der Waals surface area contributed by atoms with E-state index in [1.165, 1.54) is 0 Å². The van der Waals surface area contributed by atoms with Crippen LogP contribution in [0.15, 0.2) is 84.9 Å². The van der Waals surface area contributed by atoms with Gasteiger partial charge in [-0.05, 0) is 55.0 Å². The zero-order valence-corrected chi connectivity index (χ0v) is 16.2. The second kappa shape index (κ2) is 10.9. The smallest absolute Gasteiger partial charge is 0.122 e. The number of benzene rings is 3. The van der Waals surface area contributed by atoms with E-state index in [2.05, 4.69) is 12.2 Å². The predicted octanol–water partition coefficient (Wildman–Crippen LogP) is 5.41. The van der Waals surface area contributed by atoms with Gasteiger partial charge in [0.15, 0.2) is 0 Å². The molecule has 1 N–H and O–H groups in total. The molecule has 0 heterocycles. The monoisotopic (exact) mass is 377 g/mol. The van der Waals surface area contributed by atoms with Crippen molar-refractivity contribution in [3.05, 3.63) is 84.9 Å². The highest BCUT2D eigenvalue weighted by molar-refractivity contribution is 5.46. The van der Waals surface area contributed by atoms with Gasteiger partial charge in [0.2, 0.25) is 0 Å². The average Bonchev–Trinajstić information content (AvgIpc) is 2.76. The van der Waals surface area contributed by atoms with Crippen LogP contribution in [0.4, 0.5) is 5.69 Å². The molecule has 0 radical (unpaired) electrons. The molecular weight excluding hydrogens is 350 g/mol. The van der Waals surface area contributed by atoms with E-state index in [0.717, 1.165) is 35.9 Å². The summed E-state index contributed by atoms with van der Waals surface area (Å²) in [4.78, 5) is 0. The van der Waals surface area contributed by atoms with Crippen LogP contribution in [-0.4, -0.2) is 25.9 Å². The van der Waals surface area contributed by atoms with Crippen molar-refractivity contribution >= 4 is 5.69 Å². The van der Waals surface area contributed by atoms with Gasteiger partial charge in [0.05, 0.1) is 6.54 Å². The van der Waals surface area contributed by atoms with Gasteiger partial charge in [-0.3, -0.25) is 0 Å². The molecule has 0 fully saturated rings. The molecule has 0 aliphatic rings. The van der Waals surface area contributed by atoms with Crippen LogP contribution in [0.5, 0.6) is 17.2 Å². The fraction of sp³-hybridized carbons (Fsp3) is 0.250. The Morgan fingerprint density at radius 1 is 0.679 bits per heavy atom. The Morgan fingerprint density at radius 3 is 1.79 bits per heavy atom. The lowest BCUT2D eigenvalue weighted by molar-refractivity contribution is 0.210. The van der Waals surface area contributed by atoms with E-state index in [4.69, 9.17) is 14.2 Å². The molecule has 0 bridgehead atoms. The third-order valence-corrected chi connectivity index (χ3v) is 4.25. The predicted molar refractivity (Wildman–Crippen MR) is 114 cm³/mol. The Hall–Kier alpha value is -3.14. The summed E-state index contributed by atoms with van der Waals surface area (Å²) in [6.07, 6.45) is 1.05. The van der Waals surface area contributed by atoms with Gasteiger partial charge in [0, 0.05) is 5.69 Å². The third-order valence-electron chi connectivity index (χ3n) is 4.25. The van der Waals surface area contributed by atoms with Crippen LogP contribution in [0.25, 0.3) is 0 Å². The molecule has 4 heteroatoms. The fourth-order valence-corrected chi connectivity index (χ4v) is 2.70. The summed E-state index contributed by atoms with van der Waals surface area (Å²) in [6.45, 7) is 3.89. The van der Waals surface area contributed by atoms with E-state index in [9.17, 15) is 0 Å². The van der Waals surface area contributed by atoms with Gasteiger partial charge in [0.25, 0.3) is 0 Å². The first-order valence-corrected chi connectivity index (χ1v) is 9.70. The maximum Gasteiger partial charge on any atom is 0.122 e. The lowest BCUT2D eigenvalue weighted by atomic mass is 10.2. The molecule has 28 heavy (non-hydrogen) atoms. The van der Waals surface area contributed by atoms with Gasteiger partial charge in [-0.15, -0.1) is 0 Å². The third kappa shape index (κ3) is 6.54. The molecule has 3 rings (SSSR count). The SMILES string of the molecule is CCC(CNc1ccc(OCCOc2ccccc2)cc1)Oc1ccccc1. The summed E-state index contributed by atoms with van der Waals surface area (Å²) in [7, 11) is 0. The summed E-state index contributed by atoms with van der Waals surface area (Å²) in [6, 6.07) is 27.6. The summed E-state index contributed by atoms with van der Waals surface area (Å²) in [5.74, 6) is 2.58. The molecule has 0 saturated carbocycles. The van der Waals surface area contributed by atoms with Crippen LogP contribution in [0, 0.1) is 0 Å². The maximum absolute atomic E-state index is 6.01. The normalized spacial score (nSPS) is 11.5. The maximum atomic E-state index is 6.01. The molecule has 0 saturated heterocycles. The van der Waals surface area contributed by atoms with E-state index >= 15 is 0 Å². The minimum absolute atomic E-state index is 0.119. The van der Waals surface area contributed by atoms with Crippen molar-refractivity contribution < 1.29 is 14.2 Å². The minimum Gasteiger partial charge on any atom is -0.490 e. The number of ether oxygens (including phenoxy) is 3. The van der Waals surface area contributed by atoms with E-state index in [-0.39, 0.29) is 6.10 Å². The molecule has 3 aromatic rings. The van der Waals surface area contributed by atoms with Crippen molar-refractivity contribution in [2.24, 2.45) is 0 Å². The number of hydrogen-bond donors (Lipinski definition) is 1. The van der Waals surface area contributed by atoms with Crippen LogP contribution in [-0.2, 0) is 0 Å². The van der Waals surface area contributed by atoms with E-state index < -0.39 is 0 Å². The second-order valence-electron chi connectivity index (χ2n) is 6.38. The molecule has 1 atom stereocenters. The molecule has 146 valence electrons. The summed E-state index contributed by atoms with van der Waals surface area (Å²) in [5, 5.41) is 3.43. The molecule has 4 nitrogen and oxygen atoms in total. The van der Waals surface area contributed by atoms with Gasteiger partial charge in [-0.1, -0.05) is 43.3 Å². The number of nitrogens with one attached hydrogen (secondary N) is 1. The Balaban J connectivity index is 1.38. The highest BCUT2D eigenvalue weighted by Crippen LogP contribution is 2.17. The topological polar surface area (TPSA) is 39.7 Å². The molecule has 0 amide bonds. The number of anilines is 1. The summed E-state index contributed by atoms with van der Waals surface area (Å²) < 4.78 is 17.4. The molecule has 0 aromatic heterocycles. The van der Waals surface area contributed by atoms with Gasteiger partial charge in [-0.25, -0.2) is 0 Å². The van der Waals surface area contributed by atoms with E-state index in [1.807, 2.05) is 84.9 Å². The lowest BCUT2D eigenvalue weighted by Crippen LogP contribution is -2.25. The van der Waals surface area contributed by atoms with Crippen LogP contribution >= 0.6 is 0 Å². The highest BCUT2D eigenvalue weighted by atomic mass is 16.5. The molecule has 0 aliphatic heterocycles. The zero-order chi connectivity index (χ0) is 19.4. The van der Waals surface area contributed by atoms with Gasteiger partial charge in [0.1, 0.15) is 36.6 Å². The quantitative estimate of drug-likeness (QED) is 0.453. The molecule has 3 aromatic carbocycles. The minimum atomic E-state index is 0.119. The largest absolute Gasteiger partial charge is 0.490 e. The first kappa shape index (κ1) is 19.6. The van der Waals surface area contributed by atoms with Gasteiger partial charge >= 0.3 is 0 Å². The van der Waals surface area contributed by atoms with Crippen molar-refractivity contribution in [2.75, 3.05) is 25.1 Å². The van der Waals surface area contributed by atoms with Crippen molar-refractivity contribution in [3.63, 3.8) is 0 Å². The van der Waals surface area contributed by atoms with Crippen LogP contribution in [0.1, 0.15) is 13.3 Å². The van der Waals surface area contributed by atoms with Crippen LogP contribution in [0.3, 0.4) is 0 Å². The van der Waals surface area contributed by atoms with Crippen molar-refractivity contribution in [1.82, 2.24) is 0 Å². The van der Waals surface area contributed by atoms with Crippen molar-refractivity contribution in [3.8, 4) is 17.2 Å². The first-order valence-electron chi connectivity index (χ1n) is 9.70. The molecule has 1 unspecified atom stereocenters. The Morgan fingerprint density at radius 2 is 1.21 bits per heavy atom. The summed E-state index contributed by atoms with van der Waals surface area (Å²) >= 11 is 0. The van der Waals surface area contributed by atoms with Crippen LogP contribution in [0.2, 0.25) is 0 Å². The number of hydrogen-bond acceptors (Lipinski definition) is 4. The first-order chi connectivity index (χ1) is 13.8. The van der Waals surface area contributed by atoms with E-state index in [1.54, 1.807) is 0 Å². The van der Waals surface area contributed by atoms with Gasteiger partial charge in [-0.2, -0.15) is 0 Å². The Kier molecular flexibility index (Phi) is 7.62. The summed E-state index contributed by atoms with van der Waals surface area (Å²) in [5.41, 5.74) is 1.04. The number of para-hydroxylation sites is 2. The van der Waals surface area contributed by atoms with Crippen LogP contribution < -0.4 is 19.5 Å². The fourth-order valence-electron chi connectivity index (χ4n) is 2.70. The highest BCUT2D eigenvalue weighted by Gasteiger charge is 2.08. The van der Waals surface area contributed by atoms with Gasteiger partial charge < -0.3 is 19.5 Å². The van der Waals surface area contributed by atoms with Crippen molar-refractivity contribution in [2.45, 2.75) is 19.4 Å². The Labute approximate surface area is 167 Å². The van der Waals surface area contributed by atoms with Crippen molar-refractivity contribution in [1.29, 1.82) is 0 Å². The molecular formula is C24H27NO3. The Bertz CT molecular complexity index is 791. The average molecular weight is 377 g/mol. The molecule has 0 spiro atoms.